The Morgan fingerprint density at radius 3 is 1.28 bits per heavy atom. The fourth-order valence-electron chi connectivity index (χ4n) is 3.46. The average Bonchev–Trinajstić information content (AvgIpc) is 2.56. The van der Waals surface area contributed by atoms with Gasteiger partial charge in [0.1, 0.15) is 0 Å². The highest BCUT2D eigenvalue weighted by molar-refractivity contribution is 4.65. The van der Waals surface area contributed by atoms with Crippen LogP contribution in [0.5, 0.6) is 0 Å². The first-order valence-electron chi connectivity index (χ1n) is 11.6. The minimum atomic E-state index is 0.0126. The van der Waals surface area contributed by atoms with E-state index in [2.05, 4.69) is 34.6 Å². The third kappa shape index (κ3) is 20.1. The minimum absolute atomic E-state index is 0.0126. The maximum atomic E-state index is 6.11. The lowest BCUT2D eigenvalue weighted by Crippen LogP contribution is -2.23. The van der Waals surface area contributed by atoms with Crippen molar-refractivity contribution in [3.8, 4) is 0 Å². The highest BCUT2D eigenvalue weighted by Crippen LogP contribution is 2.22. The highest BCUT2D eigenvalue weighted by Gasteiger charge is 2.15. The van der Waals surface area contributed by atoms with Crippen LogP contribution in [-0.4, -0.2) is 12.2 Å². The van der Waals surface area contributed by atoms with Crippen molar-refractivity contribution in [2.75, 3.05) is 6.61 Å². The van der Waals surface area contributed by atoms with E-state index in [0.29, 0.717) is 0 Å². The molecule has 25 heavy (non-hydrogen) atoms. The molecule has 0 aromatic rings. The van der Waals surface area contributed by atoms with Gasteiger partial charge in [-0.2, -0.15) is 0 Å². The molecule has 0 radical (unpaired) electrons. The van der Waals surface area contributed by atoms with Crippen LogP contribution in [0.2, 0.25) is 0 Å². The number of hydrogen-bond acceptors (Lipinski definition) is 1. The lowest BCUT2D eigenvalue weighted by atomic mass is 9.94. The smallest absolute Gasteiger partial charge is 0.0598 e. The fraction of sp³-hybridized carbons (Fsp3) is 1.00. The Balaban J connectivity index is 3.81. The maximum Gasteiger partial charge on any atom is 0.0598 e. The van der Waals surface area contributed by atoms with E-state index in [9.17, 15) is 0 Å². The lowest BCUT2D eigenvalue weighted by Gasteiger charge is -2.24. The molecule has 1 nitrogen and oxygen atoms in total. The van der Waals surface area contributed by atoms with Gasteiger partial charge in [-0.1, -0.05) is 104 Å². The molecule has 0 N–H and O–H groups in total. The molecular weight excluding hydrogens is 304 g/mol. The number of hydrogen-bond donors (Lipinski definition) is 0. The molecular formula is C24H50O. The van der Waals surface area contributed by atoms with Crippen molar-refractivity contribution in [2.45, 2.75) is 143 Å². The van der Waals surface area contributed by atoms with Gasteiger partial charge in [0.05, 0.1) is 12.2 Å². The minimum Gasteiger partial charge on any atom is -0.376 e. The van der Waals surface area contributed by atoms with Gasteiger partial charge < -0.3 is 4.74 Å². The molecule has 0 amide bonds. The summed E-state index contributed by atoms with van der Waals surface area (Å²) in [6, 6.07) is 0. The molecule has 0 spiro atoms. The van der Waals surface area contributed by atoms with Crippen molar-refractivity contribution >= 4 is 0 Å². The number of ether oxygens (including phenoxy) is 1. The molecule has 152 valence electrons. The summed E-state index contributed by atoms with van der Waals surface area (Å²) in [5.74, 6) is 0.783. The zero-order chi connectivity index (χ0) is 18.8. The Kier molecular flexibility index (Phi) is 17.3. The summed E-state index contributed by atoms with van der Waals surface area (Å²) in [4.78, 5) is 0. The van der Waals surface area contributed by atoms with Crippen LogP contribution in [0.25, 0.3) is 0 Å². The largest absolute Gasteiger partial charge is 0.376 e. The Bertz CT molecular complexity index is 253. The van der Waals surface area contributed by atoms with Gasteiger partial charge in [0.2, 0.25) is 0 Å². The first kappa shape index (κ1) is 25.0. The predicted molar refractivity (Wildman–Crippen MR) is 114 cm³/mol. The maximum absolute atomic E-state index is 6.11. The zero-order valence-corrected chi connectivity index (χ0v) is 18.5. The number of rotatable bonds is 18. The van der Waals surface area contributed by atoms with E-state index in [4.69, 9.17) is 4.74 Å². The first-order chi connectivity index (χ1) is 12.0. The Hall–Kier alpha value is -0.0400. The third-order valence-electron chi connectivity index (χ3n) is 5.18. The predicted octanol–water partition coefficient (Wildman–Crippen LogP) is 8.70. The zero-order valence-electron chi connectivity index (χ0n) is 18.5. The van der Waals surface area contributed by atoms with Crippen molar-refractivity contribution in [1.29, 1.82) is 0 Å². The van der Waals surface area contributed by atoms with Gasteiger partial charge in [-0.3, -0.25) is 0 Å². The van der Waals surface area contributed by atoms with Crippen molar-refractivity contribution in [3.63, 3.8) is 0 Å². The van der Waals surface area contributed by atoms with Crippen molar-refractivity contribution in [1.82, 2.24) is 0 Å². The van der Waals surface area contributed by atoms with E-state index < -0.39 is 0 Å². The van der Waals surface area contributed by atoms with Gasteiger partial charge in [0.25, 0.3) is 0 Å². The van der Waals surface area contributed by atoms with Crippen LogP contribution in [0.1, 0.15) is 137 Å². The second-order valence-electron chi connectivity index (χ2n) is 9.11. The van der Waals surface area contributed by atoms with Crippen molar-refractivity contribution < 1.29 is 4.74 Å². The van der Waals surface area contributed by atoms with Gasteiger partial charge in [-0.05, 0) is 39.5 Å². The molecule has 0 aliphatic heterocycles. The lowest BCUT2D eigenvalue weighted by molar-refractivity contribution is -0.0255. The summed E-state index contributed by atoms with van der Waals surface area (Å²) < 4.78 is 6.11. The molecule has 0 heterocycles. The summed E-state index contributed by atoms with van der Waals surface area (Å²) in [6.07, 6.45) is 22.6. The Morgan fingerprint density at radius 2 is 0.920 bits per heavy atom. The van der Waals surface area contributed by atoms with Crippen LogP contribution in [0.3, 0.4) is 0 Å². The van der Waals surface area contributed by atoms with E-state index >= 15 is 0 Å². The van der Waals surface area contributed by atoms with E-state index in [1.54, 1.807) is 0 Å². The second kappa shape index (κ2) is 17.4. The standard InChI is InChI=1S/C24H50O/c1-6-8-10-12-14-15-17-19-21-23(22-25-24(3,4)5)20-18-16-13-11-9-7-2/h23H,6-22H2,1-5H3. The molecule has 0 aromatic carbocycles. The van der Waals surface area contributed by atoms with Crippen LogP contribution >= 0.6 is 0 Å². The van der Waals surface area contributed by atoms with E-state index in [1.807, 2.05) is 0 Å². The Labute approximate surface area is 160 Å². The first-order valence-corrected chi connectivity index (χ1v) is 11.6. The van der Waals surface area contributed by atoms with Crippen LogP contribution in [0, 0.1) is 5.92 Å². The topological polar surface area (TPSA) is 9.23 Å². The summed E-state index contributed by atoms with van der Waals surface area (Å²) in [6.45, 7) is 12.1. The van der Waals surface area contributed by atoms with Gasteiger partial charge in [-0.15, -0.1) is 0 Å². The molecule has 0 saturated carbocycles. The molecule has 0 aliphatic rings. The van der Waals surface area contributed by atoms with Crippen molar-refractivity contribution in [2.24, 2.45) is 5.92 Å². The summed E-state index contributed by atoms with van der Waals surface area (Å²) >= 11 is 0. The monoisotopic (exact) mass is 354 g/mol. The molecule has 0 rings (SSSR count). The molecule has 1 heteroatoms. The van der Waals surface area contributed by atoms with Crippen molar-refractivity contribution in [3.05, 3.63) is 0 Å². The summed E-state index contributed by atoms with van der Waals surface area (Å²) in [7, 11) is 0. The molecule has 0 aliphatic carbocycles. The third-order valence-corrected chi connectivity index (χ3v) is 5.18. The molecule has 1 unspecified atom stereocenters. The fourth-order valence-corrected chi connectivity index (χ4v) is 3.46. The van der Waals surface area contributed by atoms with Crippen LogP contribution in [0.15, 0.2) is 0 Å². The summed E-state index contributed by atoms with van der Waals surface area (Å²) in [5.41, 5.74) is 0.0126. The molecule has 1 atom stereocenters. The van der Waals surface area contributed by atoms with E-state index in [0.717, 1.165) is 12.5 Å². The SMILES string of the molecule is CCCCCCCCCCC(CCCCCCCC)COC(C)(C)C. The molecule has 0 fully saturated rings. The molecule has 0 aromatic heterocycles. The van der Waals surface area contributed by atoms with E-state index in [-0.39, 0.29) is 5.60 Å². The number of unbranched alkanes of at least 4 members (excludes halogenated alkanes) is 12. The Morgan fingerprint density at radius 1 is 0.560 bits per heavy atom. The van der Waals surface area contributed by atoms with E-state index in [1.165, 1.54) is 103 Å². The summed E-state index contributed by atoms with van der Waals surface area (Å²) in [5, 5.41) is 0. The van der Waals surface area contributed by atoms with Gasteiger partial charge >= 0.3 is 0 Å². The quantitative estimate of drug-likeness (QED) is 0.224. The average molecular weight is 355 g/mol. The van der Waals surface area contributed by atoms with Crippen LogP contribution in [-0.2, 0) is 4.74 Å². The molecule has 0 saturated heterocycles. The van der Waals surface area contributed by atoms with Gasteiger partial charge in [0.15, 0.2) is 0 Å². The van der Waals surface area contributed by atoms with Gasteiger partial charge in [-0.25, -0.2) is 0 Å². The molecule has 0 bridgehead atoms. The van der Waals surface area contributed by atoms with Crippen LogP contribution in [0.4, 0.5) is 0 Å². The van der Waals surface area contributed by atoms with Gasteiger partial charge in [0, 0.05) is 0 Å². The van der Waals surface area contributed by atoms with Crippen LogP contribution < -0.4 is 0 Å². The highest BCUT2D eigenvalue weighted by atomic mass is 16.5. The second-order valence-corrected chi connectivity index (χ2v) is 9.11. The normalized spacial score (nSPS) is 13.3.